The number of aromatic nitrogens is 2. The molecular formula is C27H35N3O5S. The fourth-order valence-corrected chi connectivity index (χ4v) is 6.25. The number of hydrogen-bond acceptors (Lipinski definition) is 6. The van der Waals surface area contributed by atoms with Crippen LogP contribution in [0.4, 0.5) is 5.69 Å². The number of esters is 1. The van der Waals surface area contributed by atoms with Crippen molar-refractivity contribution in [3.8, 4) is 0 Å². The smallest absolute Gasteiger partial charge is 0.340 e. The number of anilines is 1. The zero-order valence-corrected chi connectivity index (χ0v) is 22.3. The van der Waals surface area contributed by atoms with Crippen molar-refractivity contribution in [2.45, 2.75) is 51.5 Å². The molecule has 0 N–H and O–H groups in total. The summed E-state index contributed by atoms with van der Waals surface area (Å²) in [6.07, 6.45) is 4.58. The minimum Gasteiger partial charge on any atom is -0.465 e. The van der Waals surface area contributed by atoms with Crippen molar-refractivity contribution in [2.75, 3.05) is 31.2 Å². The van der Waals surface area contributed by atoms with Gasteiger partial charge in [-0.05, 0) is 60.9 Å². The predicted octanol–water partition coefficient (Wildman–Crippen LogP) is 4.66. The minimum atomic E-state index is -3.97. The second-order valence-electron chi connectivity index (χ2n) is 9.76. The van der Waals surface area contributed by atoms with E-state index >= 15 is 0 Å². The van der Waals surface area contributed by atoms with Gasteiger partial charge in [-0.1, -0.05) is 32.9 Å². The van der Waals surface area contributed by atoms with E-state index in [9.17, 15) is 13.2 Å². The Kier molecular flexibility index (Phi) is 8.00. The zero-order chi connectivity index (χ0) is 25.9. The molecule has 0 radical (unpaired) electrons. The quantitative estimate of drug-likeness (QED) is 0.387. The Morgan fingerprint density at radius 3 is 2.50 bits per heavy atom. The van der Waals surface area contributed by atoms with Crippen LogP contribution in [0, 0.1) is 11.8 Å². The van der Waals surface area contributed by atoms with Gasteiger partial charge >= 0.3 is 5.97 Å². The number of ether oxygens (including phenoxy) is 2. The van der Waals surface area contributed by atoms with Gasteiger partial charge < -0.3 is 9.47 Å². The van der Waals surface area contributed by atoms with Gasteiger partial charge in [0.1, 0.15) is 5.52 Å². The van der Waals surface area contributed by atoms with Crippen molar-refractivity contribution < 1.29 is 22.7 Å². The fraction of sp³-hybridized carbons (Fsp3) is 0.481. The average molecular weight is 514 g/mol. The lowest BCUT2D eigenvalue weighted by Crippen LogP contribution is -2.34. The Hall–Kier alpha value is -2.91. The molecule has 36 heavy (non-hydrogen) atoms. The summed E-state index contributed by atoms with van der Waals surface area (Å²) in [6, 6.07) is 10.6. The van der Waals surface area contributed by atoms with Gasteiger partial charge in [0.05, 0.1) is 23.3 Å². The molecule has 1 aromatic heterocycles. The first-order valence-corrected chi connectivity index (χ1v) is 14.0. The number of aryl methyl sites for hydroxylation is 1. The molecule has 0 atom stereocenters. The maximum atomic E-state index is 14.0. The number of carbonyl (C=O) groups excluding carboxylic acids is 1. The van der Waals surface area contributed by atoms with Gasteiger partial charge in [-0.15, -0.1) is 0 Å². The lowest BCUT2D eigenvalue weighted by Gasteiger charge is -2.26. The summed E-state index contributed by atoms with van der Waals surface area (Å²) in [5.74, 6) is -0.0989. The number of rotatable bonds is 9. The summed E-state index contributed by atoms with van der Waals surface area (Å²) in [4.78, 5) is 12.7. The first kappa shape index (κ1) is 26.2. The number of methoxy groups -OCH3 is 1. The Bertz CT molecular complexity index is 1310. The normalized spacial score (nSPS) is 14.9. The van der Waals surface area contributed by atoms with E-state index in [1.54, 1.807) is 10.7 Å². The van der Waals surface area contributed by atoms with Crippen molar-refractivity contribution in [1.82, 2.24) is 9.78 Å². The highest BCUT2D eigenvalue weighted by molar-refractivity contribution is 7.92. The Balaban J connectivity index is 1.78. The second kappa shape index (κ2) is 11.0. The zero-order valence-electron chi connectivity index (χ0n) is 21.4. The van der Waals surface area contributed by atoms with Gasteiger partial charge in [-0.3, -0.25) is 8.99 Å². The third-order valence-electron chi connectivity index (χ3n) is 6.57. The summed E-state index contributed by atoms with van der Waals surface area (Å²) in [6.45, 7) is 8.47. The largest absolute Gasteiger partial charge is 0.465 e. The minimum absolute atomic E-state index is 0.0428. The first-order valence-electron chi connectivity index (χ1n) is 12.5. The van der Waals surface area contributed by atoms with Crippen LogP contribution in [0.5, 0.6) is 0 Å². The molecule has 2 aromatic carbocycles. The molecule has 2 heterocycles. The van der Waals surface area contributed by atoms with Crippen molar-refractivity contribution in [3.05, 3.63) is 53.7 Å². The summed E-state index contributed by atoms with van der Waals surface area (Å²) < 4.78 is 41.6. The van der Waals surface area contributed by atoms with Crippen LogP contribution in [0.25, 0.3) is 10.9 Å². The van der Waals surface area contributed by atoms with E-state index in [1.165, 1.54) is 17.5 Å². The van der Waals surface area contributed by atoms with Crippen LogP contribution in [0.3, 0.4) is 0 Å². The van der Waals surface area contributed by atoms with Crippen LogP contribution in [-0.4, -0.2) is 51.0 Å². The van der Waals surface area contributed by atoms with Gasteiger partial charge in [-0.2, -0.15) is 5.10 Å². The molecule has 0 unspecified atom stereocenters. The highest BCUT2D eigenvalue weighted by Crippen LogP contribution is 2.30. The van der Waals surface area contributed by atoms with E-state index in [0.717, 1.165) is 38.0 Å². The van der Waals surface area contributed by atoms with Crippen LogP contribution >= 0.6 is 0 Å². The molecule has 3 aromatic rings. The molecule has 0 amide bonds. The van der Waals surface area contributed by atoms with Gasteiger partial charge in [-0.25, -0.2) is 13.2 Å². The number of benzene rings is 2. The van der Waals surface area contributed by atoms with E-state index in [-0.39, 0.29) is 16.4 Å². The molecule has 9 heteroatoms. The van der Waals surface area contributed by atoms with Crippen LogP contribution in [0.1, 0.15) is 49.5 Å². The van der Waals surface area contributed by atoms with E-state index in [0.29, 0.717) is 35.6 Å². The van der Waals surface area contributed by atoms with Crippen molar-refractivity contribution in [1.29, 1.82) is 0 Å². The van der Waals surface area contributed by atoms with Crippen LogP contribution in [0.2, 0.25) is 0 Å². The Morgan fingerprint density at radius 2 is 1.89 bits per heavy atom. The molecule has 8 nitrogen and oxygen atoms in total. The average Bonchev–Trinajstić information content (AvgIpc) is 3.29. The van der Waals surface area contributed by atoms with E-state index < -0.39 is 16.0 Å². The Morgan fingerprint density at radius 1 is 1.19 bits per heavy atom. The predicted molar refractivity (Wildman–Crippen MR) is 140 cm³/mol. The first-order chi connectivity index (χ1) is 17.2. The van der Waals surface area contributed by atoms with Gasteiger partial charge in [0.2, 0.25) is 0 Å². The standard InChI is InChI=1S/C27H35N3O5S/c1-5-20-6-8-23(9-7-20)30(16-19(2)3)36(32,33)24-14-22-18-29(17-21-10-12-35-13-11-21)28-26(22)25(15-24)27(31)34-4/h6-9,14-15,18-19,21H,5,10-13,16-17H2,1-4H3. The molecule has 1 saturated heterocycles. The lowest BCUT2D eigenvalue weighted by atomic mass is 10.0. The van der Waals surface area contributed by atoms with Gasteiger partial charge in [0.15, 0.2) is 0 Å². The molecule has 1 aliphatic rings. The lowest BCUT2D eigenvalue weighted by molar-refractivity contribution is 0.0601. The summed E-state index contributed by atoms with van der Waals surface area (Å²) in [5, 5.41) is 5.23. The summed E-state index contributed by atoms with van der Waals surface area (Å²) in [5.41, 5.74) is 2.31. The summed E-state index contributed by atoms with van der Waals surface area (Å²) >= 11 is 0. The van der Waals surface area contributed by atoms with Crippen LogP contribution in [-0.2, 0) is 32.5 Å². The maximum Gasteiger partial charge on any atom is 0.340 e. The maximum absolute atomic E-state index is 14.0. The molecule has 1 aliphatic heterocycles. The van der Waals surface area contributed by atoms with Crippen molar-refractivity contribution in [3.63, 3.8) is 0 Å². The van der Waals surface area contributed by atoms with E-state index in [4.69, 9.17) is 9.47 Å². The topological polar surface area (TPSA) is 90.7 Å². The molecule has 0 spiro atoms. The molecular weight excluding hydrogens is 478 g/mol. The second-order valence-corrected chi connectivity index (χ2v) is 11.6. The molecule has 1 fully saturated rings. The van der Waals surface area contributed by atoms with Gasteiger partial charge in [0.25, 0.3) is 10.0 Å². The molecule has 0 aliphatic carbocycles. The molecule has 4 rings (SSSR count). The number of hydrogen-bond donors (Lipinski definition) is 0. The van der Waals surface area contributed by atoms with Crippen molar-refractivity contribution >= 4 is 32.6 Å². The fourth-order valence-electron chi connectivity index (χ4n) is 4.56. The molecule has 0 saturated carbocycles. The van der Waals surface area contributed by atoms with Crippen molar-refractivity contribution in [2.24, 2.45) is 11.8 Å². The van der Waals surface area contributed by atoms with Crippen LogP contribution in [0.15, 0.2) is 47.5 Å². The van der Waals surface area contributed by atoms with Crippen LogP contribution < -0.4 is 4.31 Å². The Labute approximate surface area is 213 Å². The number of carbonyl (C=O) groups is 1. The monoisotopic (exact) mass is 513 g/mol. The highest BCUT2D eigenvalue weighted by atomic mass is 32.2. The van der Waals surface area contributed by atoms with E-state index in [2.05, 4.69) is 12.0 Å². The number of nitrogens with zero attached hydrogens (tertiary/aromatic N) is 3. The summed E-state index contributed by atoms with van der Waals surface area (Å²) in [7, 11) is -2.68. The van der Waals surface area contributed by atoms with Gasteiger partial charge in [0, 0.05) is 37.9 Å². The third kappa shape index (κ3) is 5.57. The number of sulfonamides is 1. The molecule has 0 bridgehead atoms. The SMILES string of the molecule is CCc1ccc(N(CC(C)C)S(=O)(=O)c2cc(C(=O)OC)c3nn(CC4CCOCC4)cc3c2)cc1. The highest BCUT2D eigenvalue weighted by Gasteiger charge is 2.29. The van der Waals surface area contributed by atoms with E-state index in [1.807, 2.05) is 44.3 Å². The number of fused-ring (bicyclic) bond motifs is 1. The third-order valence-corrected chi connectivity index (χ3v) is 8.34. The molecule has 194 valence electrons.